The van der Waals surface area contributed by atoms with E-state index in [9.17, 15) is 18.0 Å². The van der Waals surface area contributed by atoms with E-state index in [0.717, 1.165) is 23.6 Å². The zero-order chi connectivity index (χ0) is 15.1. The number of aromatic nitrogens is 2. The lowest BCUT2D eigenvalue weighted by Crippen LogP contribution is -2.43. The number of nitrogens with zero attached hydrogens (tertiary/aromatic N) is 3. The van der Waals surface area contributed by atoms with Gasteiger partial charge >= 0.3 is 5.69 Å². The van der Waals surface area contributed by atoms with E-state index in [4.69, 9.17) is 5.26 Å². The lowest BCUT2D eigenvalue weighted by molar-refractivity contribution is 0.552. The lowest BCUT2D eigenvalue weighted by Gasteiger charge is -2.12. The highest BCUT2D eigenvalue weighted by Crippen LogP contribution is 2.32. The Hall–Kier alpha value is -1.92. The van der Waals surface area contributed by atoms with Crippen molar-refractivity contribution in [1.29, 1.82) is 5.26 Å². The van der Waals surface area contributed by atoms with Crippen LogP contribution in [0.4, 0.5) is 0 Å². The molecule has 0 aliphatic heterocycles. The van der Waals surface area contributed by atoms with Gasteiger partial charge in [-0.2, -0.15) is 9.98 Å². The first-order chi connectivity index (χ1) is 9.27. The van der Waals surface area contributed by atoms with Crippen LogP contribution in [0.1, 0.15) is 12.8 Å². The predicted octanol–water partition coefficient (Wildman–Crippen LogP) is -1.34. The SMILES string of the molecule is Cn1cc(S(=O)(=O)NC(C#N)C2CC2)c(=O)n(C)c1=O. The average molecular weight is 298 g/mol. The fourth-order valence-corrected chi connectivity index (χ4v) is 3.22. The van der Waals surface area contributed by atoms with Gasteiger partial charge in [0.05, 0.1) is 6.07 Å². The van der Waals surface area contributed by atoms with E-state index in [-0.39, 0.29) is 5.92 Å². The minimum absolute atomic E-state index is 0.00819. The van der Waals surface area contributed by atoms with Gasteiger partial charge < -0.3 is 4.57 Å². The Kier molecular flexibility index (Phi) is 3.54. The van der Waals surface area contributed by atoms with Gasteiger partial charge in [-0.25, -0.2) is 13.2 Å². The van der Waals surface area contributed by atoms with Crippen LogP contribution in [0.25, 0.3) is 0 Å². The summed E-state index contributed by atoms with van der Waals surface area (Å²) in [5, 5.41) is 8.95. The summed E-state index contributed by atoms with van der Waals surface area (Å²) in [7, 11) is -1.58. The van der Waals surface area contributed by atoms with Crippen LogP contribution in [0.2, 0.25) is 0 Å². The maximum Gasteiger partial charge on any atom is 0.330 e. The minimum atomic E-state index is -4.13. The van der Waals surface area contributed by atoms with Crippen LogP contribution >= 0.6 is 0 Å². The topological polar surface area (TPSA) is 114 Å². The minimum Gasteiger partial charge on any atom is -0.302 e. The van der Waals surface area contributed by atoms with Crippen LogP contribution < -0.4 is 16.0 Å². The number of nitrogens with one attached hydrogen (secondary N) is 1. The van der Waals surface area contributed by atoms with Crippen molar-refractivity contribution in [2.75, 3.05) is 0 Å². The van der Waals surface area contributed by atoms with Crippen molar-refractivity contribution in [2.24, 2.45) is 20.0 Å². The molecule has 1 heterocycles. The first-order valence-electron chi connectivity index (χ1n) is 5.96. The number of aryl methyl sites for hydroxylation is 1. The Morgan fingerprint density at radius 2 is 2.00 bits per heavy atom. The summed E-state index contributed by atoms with van der Waals surface area (Å²) in [4.78, 5) is 22.9. The molecule has 9 heteroatoms. The summed E-state index contributed by atoms with van der Waals surface area (Å²) in [5.41, 5.74) is -1.53. The molecule has 0 saturated heterocycles. The van der Waals surface area contributed by atoms with Crippen molar-refractivity contribution >= 4 is 10.0 Å². The van der Waals surface area contributed by atoms with Gasteiger partial charge in [-0.15, -0.1) is 0 Å². The van der Waals surface area contributed by atoms with Gasteiger partial charge in [0.15, 0.2) is 4.90 Å². The molecule has 0 bridgehead atoms. The second kappa shape index (κ2) is 4.88. The molecule has 0 aromatic carbocycles. The van der Waals surface area contributed by atoms with E-state index in [2.05, 4.69) is 4.72 Å². The molecular weight excluding hydrogens is 284 g/mol. The quantitative estimate of drug-likeness (QED) is 0.739. The maximum atomic E-state index is 12.2. The Labute approximate surface area is 115 Å². The molecule has 108 valence electrons. The van der Waals surface area contributed by atoms with Crippen molar-refractivity contribution in [3.8, 4) is 6.07 Å². The van der Waals surface area contributed by atoms with Crippen molar-refractivity contribution in [1.82, 2.24) is 13.9 Å². The van der Waals surface area contributed by atoms with Crippen molar-refractivity contribution in [3.05, 3.63) is 27.0 Å². The Bertz CT molecular complexity index is 795. The van der Waals surface area contributed by atoms with Gasteiger partial charge in [0.1, 0.15) is 6.04 Å². The molecule has 1 saturated carbocycles. The molecule has 1 atom stereocenters. The molecule has 1 aromatic heterocycles. The molecule has 1 N–H and O–H groups in total. The zero-order valence-electron chi connectivity index (χ0n) is 11.0. The monoisotopic (exact) mass is 298 g/mol. The van der Waals surface area contributed by atoms with E-state index in [1.807, 2.05) is 6.07 Å². The summed E-state index contributed by atoms with van der Waals surface area (Å²) in [5.74, 6) is -0.00819. The third kappa shape index (κ3) is 2.52. The molecular formula is C11H14N4O4S. The predicted molar refractivity (Wildman–Crippen MR) is 69.4 cm³/mol. The highest BCUT2D eigenvalue weighted by atomic mass is 32.2. The van der Waals surface area contributed by atoms with Crippen molar-refractivity contribution < 1.29 is 8.42 Å². The lowest BCUT2D eigenvalue weighted by atomic mass is 10.2. The van der Waals surface area contributed by atoms with Gasteiger partial charge in [0.2, 0.25) is 10.0 Å². The molecule has 0 amide bonds. The highest BCUT2D eigenvalue weighted by molar-refractivity contribution is 7.89. The summed E-state index contributed by atoms with van der Waals surface area (Å²) >= 11 is 0. The van der Waals surface area contributed by atoms with Gasteiger partial charge in [0.25, 0.3) is 5.56 Å². The molecule has 1 unspecified atom stereocenters. The molecule has 2 rings (SSSR count). The molecule has 0 spiro atoms. The Morgan fingerprint density at radius 3 is 2.50 bits per heavy atom. The molecule has 20 heavy (non-hydrogen) atoms. The second-order valence-electron chi connectivity index (χ2n) is 4.82. The fraction of sp³-hybridized carbons (Fsp3) is 0.545. The smallest absolute Gasteiger partial charge is 0.302 e. The molecule has 1 aliphatic carbocycles. The van der Waals surface area contributed by atoms with E-state index in [1.54, 1.807) is 0 Å². The van der Waals surface area contributed by atoms with E-state index in [1.165, 1.54) is 14.1 Å². The van der Waals surface area contributed by atoms with Crippen LogP contribution in [0.15, 0.2) is 20.7 Å². The number of sulfonamides is 1. The van der Waals surface area contributed by atoms with Crippen molar-refractivity contribution in [3.63, 3.8) is 0 Å². The summed E-state index contributed by atoms with van der Waals surface area (Å²) in [6.45, 7) is 0. The van der Waals surface area contributed by atoms with E-state index >= 15 is 0 Å². The molecule has 0 radical (unpaired) electrons. The Balaban J connectivity index is 2.48. The van der Waals surface area contributed by atoms with Gasteiger partial charge in [-0.3, -0.25) is 9.36 Å². The van der Waals surface area contributed by atoms with Crippen LogP contribution in [0.3, 0.4) is 0 Å². The normalized spacial score (nSPS) is 16.6. The first kappa shape index (κ1) is 14.5. The van der Waals surface area contributed by atoms with Crippen LogP contribution in [-0.2, 0) is 24.1 Å². The zero-order valence-corrected chi connectivity index (χ0v) is 11.8. The third-order valence-corrected chi connectivity index (χ3v) is 4.64. The van der Waals surface area contributed by atoms with E-state index < -0.39 is 32.2 Å². The van der Waals surface area contributed by atoms with E-state index in [0.29, 0.717) is 4.57 Å². The summed E-state index contributed by atoms with van der Waals surface area (Å²) in [6, 6.07) is 1.04. The maximum absolute atomic E-state index is 12.2. The molecule has 8 nitrogen and oxygen atoms in total. The van der Waals surface area contributed by atoms with Crippen LogP contribution in [0, 0.1) is 17.2 Å². The largest absolute Gasteiger partial charge is 0.330 e. The van der Waals surface area contributed by atoms with Gasteiger partial charge in [-0.05, 0) is 18.8 Å². The summed E-state index contributed by atoms with van der Waals surface area (Å²) in [6.07, 6.45) is 2.53. The number of rotatable bonds is 4. The molecule has 1 aliphatic rings. The number of hydrogen-bond donors (Lipinski definition) is 1. The number of nitriles is 1. The fourth-order valence-electron chi connectivity index (χ4n) is 1.85. The van der Waals surface area contributed by atoms with Crippen LogP contribution in [0.5, 0.6) is 0 Å². The number of hydrogen-bond acceptors (Lipinski definition) is 5. The average Bonchev–Trinajstić information content (AvgIpc) is 3.22. The van der Waals surface area contributed by atoms with Crippen LogP contribution in [-0.4, -0.2) is 23.6 Å². The molecule has 1 fully saturated rings. The molecule has 1 aromatic rings. The standard InChI is InChI=1S/C11H14N4O4S/c1-14-6-9(10(16)15(2)11(14)17)20(18,19)13-8(5-12)7-3-4-7/h6-8,13H,3-4H2,1-2H3. The third-order valence-electron chi connectivity index (χ3n) is 3.22. The van der Waals surface area contributed by atoms with Gasteiger partial charge in [-0.1, -0.05) is 0 Å². The highest BCUT2D eigenvalue weighted by Gasteiger charge is 2.35. The van der Waals surface area contributed by atoms with Gasteiger partial charge in [0, 0.05) is 20.3 Å². The Morgan fingerprint density at radius 1 is 1.40 bits per heavy atom. The first-order valence-corrected chi connectivity index (χ1v) is 7.45. The van der Waals surface area contributed by atoms with Crippen molar-refractivity contribution in [2.45, 2.75) is 23.8 Å². The summed E-state index contributed by atoms with van der Waals surface area (Å²) < 4.78 is 28.3. The second-order valence-corrected chi connectivity index (χ2v) is 6.50.